The van der Waals surface area contributed by atoms with Gasteiger partial charge >= 0.3 is 0 Å². The molecule has 0 bridgehead atoms. The summed E-state index contributed by atoms with van der Waals surface area (Å²) in [5, 5.41) is 10.4. The van der Waals surface area contributed by atoms with Crippen LogP contribution in [0.3, 0.4) is 0 Å². The van der Waals surface area contributed by atoms with Gasteiger partial charge in [-0.25, -0.2) is 0 Å². The molecule has 1 aromatic heterocycles. The third-order valence-electron chi connectivity index (χ3n) is 4.36. The van der Waals surface area contributed by atoms with Gasteiger partial charge < -0.3 is 5.11 Å². The van der Waals surface area contributed by atoms with E-state index in [2.05, 4.69) is 0 Å². The van der Waals surface area contributed by atoms with E-state index < -0.39 is 0 Å². The predicted octanol–water partition coefficient (Wildman–Crippen LogP) is 4.98. The molecule has 0 spiro atoms. The smallest absolute Gasteiger partial charge is 0.228 e. The maximum absolute atomic E-state index is 12.5. The minimum absolute atomic E-state index is 0.0534. The first-order valence-corrected chi connectivity index (χ1v) is 10.4. The van der Waals surface area contributed by atoms with Crippen molar-refractivity contribution in [1.82, 2.24) is 0 Å². The lowest BCUT2D eigenvalue weighted by molar-refractivity contribution is -0.107. The summed E-state index contributed by atoms with van der Waals surface area (Å²) in [4.78, 5) is 37.9. The number of ketones is 1. The van der Waals surface area contributed by atoms with Gasteiger partial charge in [-0.2, -0.15) is 0 Å². The van der Waals surface area contributed by atoms with Gasteiger partial charge in [0.25, 0.3) is 0 Å². The van der Waals surface area contributed by atoms with Gasteiger partial charge in [-0.1, -0.05) is 53.8 Å². The van der Waals surface area contributed by atoms with Gasteiger partial charge in [0.15, 0.2) is 16.3 Å². The Hall–Kier alpha value is -3.22. The number of carbonyl (C=O) groups is 2. The lowest BCUT2D eigenvalue weighted by atomic mass is 10.0. The molecule has 4 nitrogen and oxygen atoms in total. The van der Waals surface area contributed by atoms with Gasteiger partial charge in [0.2, 0.25) is 5.12 Å². The summed E-state index contributed by atoms with van der Waals surface area (Å²) in [6.45, 7) is 0. The molecule has 0 saturated heterocycles. The molecular weight excluding hydrogens is 404 g/mol. The normalized spacial score (nSPS) is 15.7. The Bertz CT molecular complexity index is 1300. The lowest BCUT2D eigenvalue weighted by Gasteiger charge is -2.14. The van der Waals surface area contributed by atoms with E-state index in [0.29, 0.717) is 15.8 Å². The van der Waals surface area contributed by atoms with Crippen LogP contribution in [0.1, 0.15) is 15.9 Å². The zero-order valence-corrected chi connectivity index (χ0v) is 16.6. The minimum atomic E-state index is -0.297. The van der Waals surface area contributed by atoms with Crippen molar-refractivity contribution in [3.05, 3.63) is 99.8 Å². The summed E-state index contributed by atoms with van der Waals surface area (Å²) >= 11 is 2.18. The number of thioether (sulfide) groups is 1. The number of aromatic hydroxyl groups is 1. The van der Waals surface area contributed by atoms with Crippen LogP contribution < -0.4 is 5.43 Å². The molecule has 0 aliphatic carbocycles. The van der Waals surface area contributed by atoms with Gasteiger partial charge in [-0.15, -0.1) is 0 Å². The molecule has 1 aliphatic heterocycles. The summed E-state index contributed by atoms with van der Waals surface area (Å²) in [5.41, 5.74) is 0.593. The van der Waals surface area contributed by atoms with Gasteiger partial charge in [-0.05, 0) is 48.2 Å². The molecule has 4 rings (SSSR count). The number of hydrogen-bond acceptors (Lipinski definition) is 6. The number of carbonyl (C=O) groups excluding carboxylic acids is 2. The highest BCUT2D eigenvalue weighted by molar-refractivity contribution is 8.14. The number of hydrogen-bond donors (Lipinski definition) is 1. The number of allylic oxidation sites excluding steroid dienone is 4. The number of fused-ring (bicyclic) bond motifs is 2. The van der Waals surface area contributed by atoms with E-state index in [1.807, 2.05) is 6.07 Å². The molecular formula is C23H14O4S2. The van der Waals surface area contributed by atoms with E-state index in [0.717, 1.165) is 27.8 Å². The molecule has 1 aliphatic rings. The second-order valence-corrected chi connectivity index (χ2v) is 8.23. The molecule has 29 heavy (non-hydrogen) atoms. The Morgan fingerprint density at radius 2 is 1.62 bits per heavy atom. The summed E-state index contributed by atoms with van der Waals surface area (Å²) < 4.78 is 0.722. The molecule has 0 radical (unpaired) electrons. The largest absolute Gasteiger partial charge is 0.499 e. The molecule has 142 valence electrons. The Morgan fingerprint density at radius 1 is 0.862 bits per heavy atom. The molecule has 0 atom stereocenters. The van der Waals surface area contributed by atoms with Crippen LogP contribution in [-0.2, 0) is 4.79 Å². The molecule has 0 unspecified atom stereocenters. The lowest BCUT2D eigenvalue weighted by Crippen LogP contribution is -2.16. The van der Waals surface area contributed by atoms with Crippen molar-refractivity contribution in [2.24, 2.45) is 0 Å². The van der Waals surface area contributed by atoms with Gasteiger partial charge in [0.1, 0.15) is 0 Å². The quantitative estimate of drug-likeness (QED) is 0.369. The number of rotatable bonds is 3. The molecule has 0 saturated carbocycles. The zero-order valence-electron chi connectivity index (χ0n) is 15.0. The average Bonchev–Trinajstić information content (AvgIpc) is 2.72. The Kier molecular flexibility index (Phi) is 5.29. The molecule has 3 aromatic rings. The van der Waals surface area contributed by atoms with E-state index in [4.69, 9.17) is 0 Å². The van der Waals surface area contributed by atoms with Crippen molar-refractivity contribution < 1.29 is 14.7 Å². The summed E-state index contributed by atoms with van der Waals surface area (Å²) in [5.74, 6) is -0.297. The van der Waals surface area contributed by atoms with Crippen LogP contribution in [0.15, 0.2) is 88.1 Å². The first-order chi connectivity index (χ1) is 14.1. The maximum Gasteiger partial charge on any atom is 0.228 e. The van der Waals surface area contributed by atoms with Crippen LogP contribution in [0.5, 0.6) is 5.06 Å². The molecule has 2 heterocycles. The van der Waals surface area contributed by atoms with Crippen molar-refractivity contribution in [2.45, 2.75) is 4.90 Å². The second kappa shape index (κ2) is 8.03. The van der Waals surface area contributed by atoms with Gasteiger partial charge in [0.05, 0.1) is 11.1 Å². The van der Waals surface area contributed by atoms with E-state index >= 15 is 0 Å². The fraction of sp³-hybridized carbons (Fsp3) is 0. The highest BCUT2D eigenvalue weighted by Crippen LogP contribution is 2.33. The van der Waals surface area contributed by atoms with E-state index in [9.17, 15) is 19.5 Å². The van der Waals surface area contributed by atoms with Crippen molar-refractivity contribution >= 4 is 50.2 Å². The monoisotopic (exact) mass is 418 g/mol. The first-order valence-electron chi connectivity index (χ1n) is 8.72. The number of benzene rings is 2. The zero-order chi connectivity index (χ0) is 20.4. The van der Waals surface area contributed by atoms with Crippen molar-refractivity contribution in [2.75, 3.05) is 0 Å². The highest BCUT2D eigenvalue weighted by atomic mass is 32.2. The Morgan fingerprint density at radius 3 is 2.48 bits per heavy atom. The van der Waals surface area contributed by atoms with Crippen LogP contribution in [-0.4, -0.2) is 16.0 Å². The number of Topliss-reactive ketones (excluding diaryl/α,β-unsaturated/α-hetero) is 1. The third kappa shape index (κ3) is 3.72. The molecule has 2 aromatic carbocycles. The summed E-state index contributed by atoms with van der Waals surface area (Å²) in [6, 6.07) is 14.1. The van der Waals surface area contributed by atoms with Crippen LogP contribution in [0.2, 0.25) is 0 Å². The van der Waals surface area contributed by atoms with Crippen LogP contribution >= 0.6 is 23.1 Å². The third-order valence-corrected chi connectivity index (χ3v) is 6.33. The molecule has 0 amide bonds. The van der Waals surface area contributed by atoms with Crippen LogP contribution in [0, 0.1) is 0 Å². The summed E-state index contributed by atoms with van der Waals surface area (Å²) in [7, 11) is 0. The molecule has 0 fully saturated rings. The molecule has 1 N–H and O–H groups in total. The fourth-order valence-corrected chi connectivity index (χ4v) is 4.72. The van der Waals surface area contributed by atoms with Crippen LogP contribution in [0.4, 0.5) is 0 Å². The van der Waals surface area contributed by atoms with E-state index in [1.54, 1.807) is 60.7 Å². The Labute approximate surface area is 174 Å². The standard InChI is InChI=1S/C23H14O4S2/c24-20-14-8-4-6-12-18(14)28-22(26)16(20)10-2-1-3-11-17-21(25)15-9-5-7-13-19(15)29-23(17)27/h1-13,26H. The van der Waals surface area contributed by atoms with E-state index in [1.165, 1.54) is 12.2 Å². The fourth-order valence-electron chi connectivity index (χ4n) is 2.94. The predicted molar refractivity (Wildman–Crippen MR) is 118 cm³/mol. The highest BCUT2D eigenvalue weighted by Gasteiger charge is 2.28. The minimum Gasteiger partial charge on any atom is -0.499 e. The second-order valence-electron chi connectivity index (χ2n) is 6.19. The van der Waals surface area contributed by atoms with Gasteiger partial charge in [-0.3, -0.25) is 14.4 Å². The summed E-state index contributed by atoms with van der Waals surface area (Å²) in [6.07, 6.45) is 7.76. The first kappa shape index (κ1) is 19.1. The SMILES string of the molecule is O=C1Sc2ccccc2C(=O)C1=CC=CC=Cc1c(O)sc2ccccc2c1=O. The topological polar surface area (TPSA) is 71.4 Å². The van der Waals surface area contributed by atoms with Gasteiger partial charge in [0, 0.05) is 20.5 Å². The maximum atomic E-state index is 12.5. The van der Waals surface area contributed by atoms with Crippen molar-refractivity contribution in [1.29, 1.82) is 0 Å². The van der Waals surface area contributed by atoms with Crippen LogP contribution in [0.25, 0.3) is 16.2 Å². The van der Waals surface area contributed by atoms with Crippen molar-refractivity contribution in [3.8, 4) is 5.06 Å². The average molecular weight is 418 g/mol. The molecule has 6 heteroatoms. The van der Waals surface area contributed by atoms with Crippen molar-refractivity contribution in [3.63, 3.8) is 0 Å². The Balaban J connectivity index is 1.58. The van der Waals surface area contributed by atoms with E-state index in [-0.39, 0.29) is 32.5 Å².